The van der Waals surface area contributed by atoms with Crippen LogP contribution in [0.5, 0.6) is 0 Å². The first-order valence-corrected chi connectivity index (χ1v) is 8.73. The van der Waals surface area contributed by atoms with Crippen LogP contribution in [0.4, 0.5) is 5.69 Å². The molecule has 0 bridgehead atoms. The molecule has 0 amide bonds. The van der Waals surface area contributed by atoms with Crippen LogP contribution in [0.1, 0.15) is 40.0 Å². The summed E-state index contributed by atoms with van der Waals surface area (Å²) in [5, 5.41) is 3.78. The summed E-state index contributed by atoms with van der Waals surface area (Å²) < 4.78 is 0. The average molecular weight is 277 g/mol. The van der Waals surface area contributed by atoms with Crippen molar-refractivity contribution >= 4 is 17.4 Å². The molecule has 0 aliphatic heterocycles. The predicted molar refractivity (Wildman–Crippen MR) is 87.0 cm³/mol. The summed E-state index contributed by atoms with van der Waals surface area (Å²) in [5.41, 5.74) is 1.28. The van der Waals surface area contributed by atoms with Crippen molar-refractivity contribution in [2.24, 2.45) is 17.8 Å². The third-order valence-corrected chi connectivity index (χ3v) is 5.21. The van der Waals surface area contributed by atoms with Crippen LogP contribution in [0.2, 0.25) is 0 Å². The van der Waals surface area contributed by atoms with Gasteiger partial charge >= 0.3 is 0 Å². The summed E-state index contributed by atoms with van der Waals surface area (Å²) in [6.07, 6.45) is 6.21. The maximum absolute atomic E-state index is 3.78. The van der Waals surface area contributed by atoms with E-state index in [0.29, 0.717) is 6.04 Å². The summed E-state index contributed by atoms with van der Waals surface area (Å²) >= 11 is 1.80. The SMILES string of the molecule is CSc1ccc(NC2CC(C)CCC2C(C)C)cc1. The monoisotopic (exact) mass is 277 g/mol. The summed E-state index contributed by atoms with van der Waals surface area (Å²) in [4.78, 5) is 1.34. The van der Waals surface area contributed by atoms with Gasteiger partial charge in [-0.2, -0.15) is 0 Å². The van der Waals surface area contributed by atoms with Gasteiger partial charge in [0, 0.05) is 16.6 Å². The van der Waals surface area contributed by atoms with Crippen molar-refractivity contribution in [2.75, 3.05) is 11.6 Å². The number of rotatable bonds is 4. The fraction of sp³-hybridized carbons (Fsp3) is 0.647. The summed E-state index contributed by atoms with van der Waals surface area (Å²) in [7, 11) is 0. The van der Waals surface area contributed by atoms with Crippen LogP contribution in [0.15, 0.2) is 29.2 Å². The van der Waals surface area contributed by atoms with Crippen molar-refractivity contribution in [2.45, 2.75) is 51.0 Å². The van der Waals surface area contributed by atoms with Crippen LogP contribution in [-0.4, -0.2) is 12.3 Å². The number of benzene rings is 1. The summed E-state index contributed by atoms with van der Waals surface area (Å²) in [5.74, 6) is 2.45. The van der Waals surface area contributed by atoms with Gasteiger partial charge in [0.05, 0.1) is 0 Å². The largest absolute Gasteiger partial charge is 0.382 e. The Balaban J connectivity index is 2.05. The van der Waals surface area contributed by atoms with Crippen LogP contribution >= 0.6 is 11.8 Å². The minimum atomic E-state index is 0.642. The fourth-order valence-electron chi connectivity index (χ4n) is 3.27. The zero-order valence-electron chi connectivity index (χ0n) is 12.6. The van der Waals surface area contributed by atoms with Crippen molar-refractivity contribution in [1.29, 1.82) is 0 Å². The zero-order chi connectivity index (χ0) is 13.8. The second-order valence-electron chi connectivity index (χ2n) is 6.31. The Morgan fingerprint density at radius 2 is 1.84 bits per heavy atom. The molecule has 0 aromatic heterocycles. The molecular weight excluding hydrogens is 250 g/mol. The zero-order valence-corrected chi connectivity index (χ0v) is 13.5. The molecule has 1 aromatic rings. The molecule has 1 nitrogen and oxygen atoms in total. The van der Waals surface area contributed by atoms with Crippen molar-refractivity contribution in [3.05, 3.63) is 24.3 Å². The van der Waals surface area contributed by atoms with Crippen molar-refractivity contribution in [3.8, 4) is 0 Å². The molecule has 2 rings (SSSR count). The van der Waals surface area contributed by atoms with Crippen LogP contribution in [0.25, 0.3) is 0 Å². The molecule has 1 aromatic carbocycles. The van der Waals surface area contributed by atoms with Gasteiger partial charge in [-0.15, -0.1) is 11.8 Å². The first kappa shape index (κ1) is 14.8. The highest BCUT2D eigenvalue weighted by Gasteiger charge is 2.30. The van der Waals surface area contributed by atoms with E-state index in [1.165, 1.54) is 29.8 Å². The van der Waals surface area contributed by atoms with Gasteiger partial charge in [0.1, 0.15) is 0 Å². The molecule has 1 saturated carbocycles. The summed E-state index contributed by atoms with van der Waals surface area (Å²) in [6.45, 7) is 7.13. The topological polar surface area (TPSA) is 12.0 Å². The Bertz CT molecular complexity index is 385. The average Bonchev–Trinajstić information content (AvgIpc) is 2.39. The van der Waals surface area contributed by atoms with Gasteiger partial charge in [-0.3, -0.25) is 0 Å². The van der Waals surface area contributed by atoms with Crippen molar-refractivity contribution < 1.29 is 0 Å². The minimum Gasteiger partial charge on any atom is -0.382 e. The number of anilines is 1. The molecule has 1 aliphatic carbocycles. The maximum atomic E-state index is 3.78. The fourth-order valence-corrected chi connectivity index (χ4v) is 3.68. The standard InChI is InChI=1S/C17H27NS/c1-12(2)16-10-5-13(3)11-17(16)18-14-6-8-15(19-4)9-7-14/h6-9,12-13,16-18H,5,10-11H2,1-4H3. The molecule has 0 spiro atoms. The number of nitrogens with one attached hydrogen (secondary N) is 1. The van der Waals surface area contributed by atoms with E-state index >= 15 is 0 Å². The Labute approximate surface area is 122 Å². The van der Waals surface area contributed by atoms with Crippen molar-refractivity contribution in [3.63, 3.8) is 0 Å². The lowest BCUT2D eigenvalue weighted by molar-refractivity contribution is 0.212. The number of hydrogen-bond donors (Lipinski definition) is 1. The molecule has 1 N–H and O–H groups in total. The highest BCUT2D eigenvalue weighted by atomic mass is 32.2. The summed E-state index contributed by atoms with van der Waals surface area (Å²) in [6, 6.07) is 9.52. The Hall–Kier alpha value is -0.630. The van der Waals surface area contributed by atoms with E-state index < -0.39 is 0 Å². The first-order valence-electron chi connectivity index (χ1n) is 7.50. The molecule has 2 heteroatoms. The lowest BCUT2D eigenvalue weighted by Crippen LogP contribution is -2.37. The molecule has 106 valence electrons. The smallest absolute Gasteiger partial charge is 0.0343 e. The third-order valence-electron chi connectivity index (χ3n) is 4.46. The van der Waals surface area contributed by atoms with Crippen LogP contribution in [-0.2, 0) is 0 Å². The van der Waals surface area contributed by atoms with E-state index in [9.17, 15) is 0 Å². The highest BCUT2D eigenvalue weighted by molar-refractivity contribution is 7.98. The Morgan fingerprint density at radius 3 is 2.42 bits per heavy atom. The van der Waals surface area contributed by atoms with Gasteiger partial charge in [0.15, 0.2) is 0 Å². The predicted octanol–water partition coefficient (Wildman–Crippen LogP) is 5.28. The minimum absolute atomic E-state index is 0.642. The maximum Gasteiger partial charge on any atom is 0.0343 e. The quantitative estimate of drug-likeness (QED) is 0.751. The molecule has 1 fully saturated rings. The van der Waals surface area contributed by atoms with Gasteiger partial charge in [-0.25, -0.2) is 0 Å². The number of hydrogen-bond acceptors (Lipinski definition) is 2. The van der Waals surface area contributed by atoms with Gasteiger partial charge < -0.3 is 5.32 Å². The van der Waals surface area contributed by atoms with Crippen LogP contribution < -0.4 is 5.32 Å². The lowest BCUT2D eigenvalue weighted by Gasteiger charge is -2.38. The van der Waals surface area contributed by atoms with Gasteiger partial charge in [0.2, 0.25) is 0 Å². The van der Waals surface area contributed by atoms with E-state index in [2.05, 4.69) is 56.6 Å². The number of thioether (sulfide) groups is 1. The van der Waals surface area contributed by atoms with Crippen LogP contribution in [0, 0.1) is 17.8 Å². The second kappa shape index (κ2) is 6.69. The lowest BCUT2D eigenvalue weighted by atomic mass is 9.74. The first-order chi connectivity index (χ1) is 9.10. The Morgan fingerprint density at radius 1 is 1.16 bits per heavy atom. The van der Waals surface area contributed by atoms with Gasteiger partial charge in [-0.1, -0.05) is 27.2 Å². The molecule has 0 saturated heterocycles. The van der Waals surface area contributed by atoms with E-state index in [1.807, 2.05) is 0 Å². The molecular formula is C17H27NS. The van der Waals surface area contributed by atoms with Crippen LogP contribution in [0.3, 0.4) is 0 Å². The highest BCUT2D eigenvalue weighted by Crippen LogP contribution is 2.35. The molecule has 0 heterocycles. The van der Waals surface area contributed by atoms with Gasteiger partial charge in [0.25, 0.3) is 0 Å². The molecule has 19 heavy (non-hydrogen) atoms. The van der Waals surface area contributed by atoms with E-state index in [0.717, 1.165) is 17.8 Å². The molecule has 3 atom stereocenters. The normalized spacial score (nSPS) is 27.5. The van der Waals surface area contributed by atoms with E-state index in [1.54, 1.807) is 11.8 Å². The second-order valence-corrected chi connectivity index (χ2v) is 7.19. The molecule has 0 radical (unpaired) electrons. The van der Waals surface area contributed by atoms with Crippen molar-refractivity contribution in [1.82, 2.24) is 0 Å². The molecule has 3 unspecified atom stereocenters. The third kappa shape index (κ3) is 3.92. The molecule has 1 aliphatic rings. The van der Waals surface area contributed by atoms with Gasteiger partial charge in [-0.05, 0) is 61.1 Å². The Kier molecular flexibility index (Phi) is 5.20. The van der Waals surface area contributed by atoms with E-state index in [-0.39, 0.29) is 0 Å². The van der Waals surface area contributed by atoms with E-state index in [4.69, 9.17) is 0 Å².